The monoisotopic (exact) mass is 375 g/mol. The van der Waals surface area contributed by atoms with Crippen molar-refractivity contribution >= 4 is 11.7 Å². The number of carbonyl (C=O) groups excluding carboxylic acids is 1. The summed E-state index contributed by atoms with van der Waals surface area (Å²) in [5, 5.41) is 9.47. The number of alkyl halides is 3. The molecule has 0 saturated carbocycles. The van der Waals surface area contributed by atoms with E-state index in [4.69, 9.17) is 4.74 Å². The van der Waals surface area contributed by atoms with Gasteiger partial charge in [0.1, 0.15) is 5.75 Å². The average molecular weight is 375 g/mol. The minimum absolute atomic E-state index is 0.0605. The minimum atomic E-state index is -4.40. The highest BCUT2D eigenvalue weighted by molar-refractivity contribution is 5.92. The fourth-order valence-corrected chi connectivity index (χ4v) is 2.57. The molecule has 0 unspecified atom stereocenters. The van der Waals surface area contributed by atoms with Crippen LogP contribution in [0.4, 0.5) is 19.0 Å². The van der Waals surface area contributed by atoms with Crippen LogP contribution >= 0.6 is 0 Å². The third-order valence-corrected chi connectivity index (χ3v) is 3.89. The second-order valence-corrected chi connectivity index (χ2v) is 5.79. The van der Waals surface area contributed by atoms with Crippen LogP contribution in [0.25, 0.3) is 11.3 Å². The number of nitrogens with zero attached hydrogens (tertiary/aromatic N) is 1. The van der Waals surface area contributed by atoms with Crippen molar-refractivity contribution in [2.24, 2.45) is 0 Å². The lowest BCUT2D eigenvalue weighted by Gasteiger charge is -2.07. The molecule has 0 atom stereocenters. The van der Waals surface area contributed by atoms with Gasteiger partial charge < -0.3 is 10.1 Å². The maximum absolute atomic E-state index is 12.6. The van der Waals surface area contributed by atoms with Crippen molar-refractivity contribution in [3.8, 4) is 17.0 Å². The summed E-state index contributed by atoms with van der Waals surface area (Å²) in [5.41, 5.74) is 1.18. The van der Waals surface area contributed by atoms with Gasteiger partial charge in [0.15, 0.2) is 5.82 Å². The fraction of sp³-hybridized carbons (Fsp3) is 0.158. The number of anilines is 1. The van der Waals surface area contributed by atoms with Crippen LogP contribution in [0.5, 0.6) is 5.75 Å². The van der Waals surface area contributed by atoms with Crippen LogP contribution < -0.4 is 10.1 Å². The molecule has 2 N–H and O–H groups in total. The minimum Gasteiger partial charge on any atom is -0.496 e. The van der Waals surface area contributed by atoms with Crippen LogP contribution in [0.3, 0.4) is 0 Å². The molecule has 0 aliphatic rings. The SMILES string of the molecule is COc1ccccc1-c1cc(NC(=O)Cc2ccc(C(F)(F)F)cc2)n[nH]1. The van der Waals surface area contributed by atoms with Crippen LogP contribution in [0.2, 0.25) is 0 Å². The van der Waals surface area contributed by atoms with Crippen LogP contribution in [0, 0.1) is 0 Å². The number of ether oxygens (including phenoxy) is 1. The van der Waals surface area contributed by atoms with Gasteiger partial charge in [-0.05, 0) is 29.8 Å². The highest BCUT2D eigenvalue weighted by Crippen LogP contribution is 2.30. The van der Waals surface area contributed by atoms with Gasteiger partial charge in [-0.2, -0.15) is 18.3 Å². The second-order valence-electron chi connectivity index (χ2n) is 5.79. The highest BCUT2D eigenvalue weighted by atomic mass is 19.4. The van der Waals surface area contributed by atoms with Crippen molar-refractivity contribution in [1.29, 1.82) is 0 Å². The number of para-hydroxylation sites is 1. The van der Waals surface area contributed by atoms with E-state index >= 15 is 0 Å². The molecule has 0 radical (unpaired) electrons. The standard InChI is InChI=1S/C19H16F3N3O2/c1-27-16-5-3-2-4-14(16)15-11-17(25-24-15)23-18(26)10-12-6-8-13(9-7-12)19(20,21)22/h2-9,11H,10H2,1H3,(H2,23,24,25,26). The summed E-state index contributed by atoms with van der Waals surface area (Å²) < 4.78 is 43.0. The van der Waals surface area contributed by atoms with Gasteiger partial charge in [-0.1, -0.05) is 24.3 Å². The molecule has 0 spiro atoms. The lowest BCUT2D eigenvalue weighted by molar-refractivity contribution is -0.137. The van der Waals surface area contributed by atoms with E-state index in [1.54, 1.807) is 19.2 Å². The van der Waals surface area contributed by atoms with E-state index in [2.05, 4.69) is 15.5 Å². The van der Waals surface area contributed by atoms with E-state index in [0.29, 0.717) is 22.8 Å². The summed E-state index contributed by atoms with van der Waals surface area (Å²) >= 11 is 0. The first-order valence-corrected chi connectivity index (χ1v) is 8.01. The second kappa shape index (κ2) is 7.53. The van der Waals surface area contributed by atoms with E-state index < -0.39 is 11.7 Å². The number of methoxy groups -OCH3 is 1. The largest absolute Gasteiger partial charge is 0.496 e. The molecule has 8 heteroatoms. The first kappa shape index (κ1) is 18.5. The Labute approximate surface area is 153 Å². The number of aromatic nitrogens is 2. The van der Waals surface area contributed by atoms with Crippen LogP contribution in [0.15, 0.2) is 54.6 Å². The summed E-state index contributed by atoms with van der Waals surface area (Å²) in [6, 6.07) is 13.5. The van der Waals surface area contributed by atoms with Gasteiger partial charge in [0, 0.05) is 11.6 Å². The van der Waals surface area contributed by atoms with Crippen LogP contribution in [0.1, 0.15) is 11.1 Å². The maximum atomic E-state index is 12.6. The van der Waals surface area contributed by atoms with Gasteiger partial charge in [-0.15, -0.1) is 0 Å². The Morgan fingerprint density at radius 2 is 1.85 bits per heavy atom. The van der Waals surface area contributed by atoms with E-state index in [0.717, 1.165) is 17.7 Å². The molecule has 0 aliphatic heterocycles. The Balaban J connectivity index is 1.66. The molecule has 5 nitrogen and oxygen atoms in total. The fourth-order valence-electron chi connectivity index (χ4n) is 2.57. The topological polar surface area (TPSA) is 67.0 Å². The highest BCUT2D eigenvalue weighted by Gasteiger charge is 2.29. The quantitative estimate of drug-likeness (QED) is 0.699. The third kappa shape index (κ3) is 4.46. The van der Waals surface area contributed by atoms with Gasteiger partial charge in [0.05, 0.1) is 24.8 Å². The van der Waals surface area contributed by atoms with Crippen molar-refractivity contribution in [3.63, 3.8) is 0 Å². The first-order chi connectivity index (χ1) is 12.9. The lowest BCUT2D eigenvalue weighted by Crippen LogP contribution is -2.15. The number of halogens is 3. The number of benzene rings is 2. The summed E-state index contributed by atoms with van der Waals surface area (Å²) in [4.78, 5) is 12.1. The third-order valence-electron chi connectivity index (χ3n) is 3.89. The number of hydrogen-bond donors (Lipinski definition) is 2. The predicted molar refractivity (Wildman–Crippen MR) is 94.4 cm³/mol. The zero-order valence-electron chi connectivity index (χ0n) is 14.3. The van der Waals surface area contributed by atoms with E-state index in [9.17, 15) is 18.0 Å². The molecule has 3 aromatic rings. The Kier molecular flexibility index (Phi) is 5.16. The van der Waals surface area contributed by atoms with Crippen molar-refractivity contribution in [3.05, 3.63) is 65.7 Å². The molecule has 0 saturated heterocycles. The van der Waals surface area contributed by atoms with Crippen LogP contribution in [-0.2, 0) is 17.4 Å². The summed E-state index contributed by atoms with van der Waals surface area (Å²) in [6.07, 6.45) is -4.46. The number of rotatable bonds is 5. The van der Waals surface area contributed by atoms with E-state index in [-0.39, 0.29) is 12.3 Å². The van der Waals surface area contributed by atoms with E-state index in [1.165, 1.54) is 12.1 Å². The Hall–Kier alpha value is -3.29. The number of amides is 1. The smallest absolute Gasteiger partial charge is 0.416 e. The summed E-state index contributed by atoms with van der Waals surface area (Å²) in [7, 11) is 1.56. The zero-order chi connectivity index (χ0) is 19.4. The van der Waals surface area contributed by atoms with E-state index in [1.807, 2.05) is 18.2 Å². The molecule has 27 heavy (non-hydrogen) atoms. The number of nitrogens with one attached hydrogen (secondary N) is 2. The molecule has 2 aromatic carbocycles. The van der Waals surface area contributed by atoms with Crippen molar-refractivity contribution in [2.45, 2.75) is 12.6 Å². The Morgan fingerprint density at radius 3 is 2.52 bits per heavy atom. The molecule has 0 aliphatic carbocycles. The molecule has 140 valence electrons. The van der Waals surface area contributed by atoms with Gasteiger partial charge in [0.25, 0.3) is 0 Å². The van der Waals surface area contributed by atoms with Gasteiger partial charge in [-0.25, -0.2) is 0 Å². The molecule has 1 aromatic heterocycles. The molecule has 3 rings (SSSR count). The first-order valence-electron chi connectivity index (χ1n) is 8.01. The number of carbonyl (C=O) groups is 1. The molecular weight excluding hydrogens is 359 g/mol. The van der Waals surface area contributed by atoms with Crippen LogP contribution in [-0.4, -0.2) is 23.2 Å². The maximum Gasteiger partial charge on any atom is 0.416 e. The normalized spacial score (nSPS) is 11.3. The summed E-state index contributed by atoms with van der Waals surface area (Å²) in [5.74, 6) is 0.587. The van der Waals surface area contributed by atoms with Crippen molar-refractivity contribution in [1.82, 2.24) is 10.2 Å². The van der Waals surface area contributed by atoms with Crippen molar-refractivity contribution < 1.29 is 22.7 Å². The molecule has 0 fully saturated rings. The average Bonchev–Trinajstić information content (AvgIpc) is 3.09. The van der Waals surface area contributed by atoms with Gasteiger partial charge >= 0.3 is 6.18 Å². The van der Waals surface area contributed by atoms with Gasteiger partial charge in [0.2, 0.25) is 5.91 Å². The molecule has 0 bridgehead atoms. The van der Waals surface area contributed by atoms with Gasteiger partial charge in [-0.3, -0.25) is 9.89 Å². The Morgan fingerprint density at radius 1 is 1.15 bits per heavy atom. The lowest BCUT2D eigenvalue weighted by atomic mass is 10.1. The Bertz CT molecular complexity index is 934. The number of H-pyrrole nitrogens is 1. The van der Waals surface area contributed by atoms with Crippen molar-refractivity contribution in [2.75, 3.05) is 12.4 Å². The number of hydrogen-bond acceptors (Lipinski definition) is 3. The predicted octanol–water partition coefficient (Wildman–Crippen LogP) is 4.29. The molecule has 1 heterocycles. The summed E-state index contributed by atoms with van der Waals surface area (Å²) in [6.45, 7) is 0. The molecule has 1 amide bonds. The number of aromatic amines is 1. The molecular formula is C19H16F3N3O2. The zero-order valence-corrected chi connectivity index (χ0v) is 14.3.